The van der Waals surface area contributed by atoms with Gasteiger partial charge in [-0.2, -0.15) is 0 Å². The molecule has 0 bridgehead atoms. The Balaban J connectivity index is 2.21. The summed E-state index contributed by atoms with van der Waals surface area (Å²) in [7, 11) is 0. The van der Waals surface area contributed by atoms with Crippen molar-refractivity contribution in [3.63, 3.8) is 0 Å². The third-order valence-corrected chi connectivity index (χ3v) is 5.71. The Morgan fingerprint density at radius 3 is 2.04 bits per heavy atom. The number of aliphatic hydroxyl groups is 1. The molecule has 1 fully saturated rings. The van der Waals surface area contributed by atoms with E-state index in [-0.39, 0.29) is 5.41 Å². The number of aliphatic hydroxyl groups excluding tert-OH is 1. The Morgan fingerprint density at radius 1 is 0.958 bits per heavy atom. The second-order valence-electron chi connectivity index (χ2n) is 8.32. The Labute approximate surface area is 151 Å². The molecule has 1 rings (SSSR count). The molecule has 1 N–H and O–H groups in total. The highest BCUT2D eigenvalue weighted by atomic mass is 16.3. The van der Waals surface area contributed by atoms with Crippen LogP contribution in [0.3, 0.4) is 0 Å². The van der Waals surface area contributed by atoms with Crippen molar-refractivity contribution in [2.45, 2.75) is 97.3 Å². The van der Waals surface area contributed by atoms with Crippen LogP contribution in [0.25, 0.3) is 0 Å². The first-order valence-electron chi connectivity index (χ1n) is 10.6. The van der Waals surface area contributed by atoms with E-state index >= 15 is 0 Å². The summed E-state index contributed by atoms with van der Waals surface area (Å²) >= 11 is 0. The van der Waals surface area contributed by atoms with Gasteiger partial charge in [0.05, 0.1) is 0 Å². The van der Waals surface area contributed by atoms with Gasteiger partial charge in [0.15, 0.2) is 0 Å². The molecule has 2 heteroatoms. The minimum Gasteiger partial charge on any atom is -0.396 e. The van der Waals surface area contributed by atoms with E-state index in [9.17, 15) is 5.11 Å². The van der Waals surface area contributed by atoms with E-state index in [4.69, 9.17) is 0 Å². The molecule has 0 atom stereocenters. The summed E-state index contributed by atoms with van der Waals surface area (Å²) in [5.74, 6) is 0. The van der Waals surface area contributed by atoms with Crippen LogP contribution in [0.5, 0.6) is 0 Å². The van der Waals surface area contributed by atoms with E-state index in [0.29, 0.717) is 6.61 Å². The lowest BCUT2D eigenvalue weighted by Crippen LogP contribution is -2.45. The Morgan fingerprint density at radius 2 is 1.54 bits per heavy atom. The van der Waals surface area contributed by atoms with Crippen LogP contribution >= 0.6 is 0 Å². The largest absolute Gasteiger partial charge is 0.396 e. The molecule has 0 spiro atoms. The zero-order chi connectivity index (χ0) is 17.7. The Bertz CT molecular complexity index is 316. The number of nitrogens with zero attached hydrogens (tertiary/aromatic N) is 1. The smallest absolute Gasteiger partial charge is 0.0499 e. The van der Waals surface area contributed by atoms with E-state index in [1.807, 2.05) is 0 Å². The maximum Gasteiger partial charge on any atom is 0.0499 e. The van der Waals surface area contributed by atoms with Crippen molar-refractivity contribution in [1.29, 1.82) is 0 Å². The number of allylic oxidation sites excluding steroid dienone is 1. The summed E-state index contributed by atoms with van der Waals surface area (Å²) in [6.45, 7) is 12.4. The highest BCUT2D eigenvalue weighted by molar-refractivity contribution is 4.90. The second-order valence-corrected chi connectivity index (χ2v) is 8.32. The minimum atomic E-state index is 0.242. The first kappa shape index (κ1) is 21.7. The number of hydrogen-bond donors (Lipinski definition) is 1. The lowest BCUT2D eigenvalue weighted by molar-refractivity contribution is 0.00685. The molecule has 0 amide bonds. The van der Waals surface area contributed by atoms with E-state index < -0.39 is 0 Å². The minimum absolute atomic E-state index is 0.242. The third kappa shape index (κ3) is 9.22. The van der Waals surface area contributed by atoms with Crippen LogP contribution in [0.15, 0.2) is 12.2 Å². The average Bonchev–Trinajstić information content (AvgIpc) is 2.53. The van der Waals surface area contributed by atoms with Crippen molar-refractivity contribution >= 4 is 0 Å². The van der Waals surface area contributed by atoms with Gasteiger partial charge in [-0.3, -0.25) is 0 Å². The van der Waals surface area contributed by atoms with Gasteiger partial charge in [-0.15, -0.1) is 6.58 Å². The fraction of sp³-hybridized carbons (Fsp3) is 0.909. The van der Waals surface area contributed by atoms with Crippen molar-refractivity contribution in [3.8, 4) is 0 Å². The standard InChI is InChI=1S/C22H43NO/c1-4-5-6-11-17-23(19-22(20-24)15-13-16-22)18-12-9-7-8-10-14-21(2)3/h24H,2,4-20H2,1,3H3. The van der Waals surface area contributed by atoms with E-state index in [1.165, 1.54) is 102 Å². The molecule has 1 aliphatic carbocycles. The summed E-state index contributed by atoms with van der Waals surface area (Å²) in [4.78, 5) is 2.67. The molecule has 0 unspecified atom stereocenters. The first-order chi connectivity index (χ1) is 11.6. The predicted molar refractivity (Wildman–Crippen MR) is 106 cm³/mol. The van der Waals surface area contributed by atoms with Crippen molar-refractivity contribution in [1.82, 2.24) is 4.90 Å². The highest BCUT2D eigenvalue weighted by Crippen LogP contribution is 2.41. The van der Waals surface area contributed by atoms with Gasteiger partial charge in [0.1, 0.15) is 0 Å². The molecule has 0 radical (unpaired) electrons. The fourth-order valence-corrected chi connectivity index (χ4v) is 3.84. The molecule has 142 valence electrons. The normalized spacial score (nSPS) is 16.3. The van der Waals surface area contributed by atoms with Crippen molar-refractivity contribution < 1.29 is 5.11 Å². The molecular formula is C22H43NO. The van der Waals surface area contributed by atoms with Gasteiger partial charge in [-0.1, -0.05) is 57.4 Å². The van der Waals surface area contributed by atoms with Gasteiger partial charge in [-0.05, 0) is 58.5 Å². The quantitative estimate of drug-likeness (QED) is 0.278. The van der Waals surface area contributed by atoms with E-state index in [1.54, 1.807) is 0 Å². The molecular weight excluding hydrogens is 294 g/mol. The summed E-state index contributed by atoms with van der Waals surface area (Å²) in [5, 5.41) is 9.77. The van der Waals surface area contributed by atoms with Crippen LogP contribution in [0, 0.1) is 5.41 Å². The van der Waals surface area contributed by atoms with Crippen LogP contribution in [-0.2, 0) is 0 Å². The molecule has 1 aliphatic rings. The Hall–Kier alpha value is -0.340. The van der Waals surface area contributed by atoms with Gasteiger partial charge < -0.3 is 10.0 Å². The van der Waals surface area contributed by atoms with Crippen LogP contribution in [-0.4, -0.2) is 36.2 Å². The molecule has 0 saturated heterocycles. The summed E-state index contributed by atoms with van der Waals surface area (Å²) in [6, 6.07) is 0. The van der Waals surface area contributed by atoms with Crippen LogP contribution in [0.2, 0.25) is 0 Å². The predicted octanol–water partition coefficient (Wildman–Crippen LogP) is 5.95. The number of rotatable bonds is 16. The molecule has 24 heavy (non-hydrogen) atoms. The highest BCUT2D eigenvalue weighted by Gasteiger charge is 2.37. The molecule has 1 saturated carbocycles. The van der Waals surface area contributed by atoms with Gasteiger partial charge in [0.2, 0.25) is 0 Å². The first-order valence-corrected chi connectivity index (χ1v) is 10.6. The van der Waals surface area contributed by atoms with Crippen molar-refractivity contribution in [2.24, 2.45) is 5.41 Å². The molecule has 0 aromatic carbocycles. The maximum absolute atomic E-state index is 9.77. The van der Waals surface area contributed by atoms with Crippen LogP contribution in [0.4, 0.5) is 0 Å². The number of hydrogen-bond acceptors (Lipinski definition) is 2. The second kappa shape index (κ2) is 12.9. The summed E-state index contributed by atoms with van der Waals surface area (Å²) in [5.41, 5.74) is 1.56. The fourth-order valence-electron chi connectivity index (χ4n) is 3.84. The van der Waals surface area contributed by atoms with Gasteiger partial charge in [-0.25, -0.2) is 0 Å². The third-order valence-electron chi connectivity index (χ3n) is 5.71. The lowest BCUT2D eigenvalue weighted by Gasteiger charge is -2.44. The van der Waals surface area contributed by atoms with E-state index in [0.717, 1.165) is 6.54 Å². The topological polar surface area (TPSA) is 23.5 Å². The SMILES string of the molecule is C=C(C)CCCCCCCN(CCCCCC)CC1(CO)CCC1. The van der Waals surface area contributed by atoms with Gasteiger partial charge >= 0.3 is 0 Å². The van der Waals surface area contributed by atoms with Crippen LogP contribution < -0.4 is 0 Å². The van der Waals surface area contributed by atoms with Crippen molar-refractivity contribution in [3.05, 3.63) is 12.2 Å². The van der Waals surface area contributed by atoms with E-state index in [2.05, 4.69) is 25.3 Å². The Kier molecular flexibility index (Phi) is 11.7. The zero-order valence-corrected chi connectivity index (χ0v) is 16.6. The molecule has 0 aliphatic heterocycles. The molecule has 2 nitrogen and oxygen atoms in total. The molecule has 0 heterocycles. The monoisotopic (exact) mass is 337 g/mol. The summed E-state index contributed by atoms with van der Waals surface area (Å²) in [6.07, 6.45) is 17.0. The zero-order valence-electron chi connectivity index (χ0n) is 16.6. The van der Waals surface area contributed by atoms with Crippen LogP contribution in [0.1, 0.15) is 97.3 Å². The summed E-state index contributed by atoms with van der Waals surface area (Å²) < 4.78 is 0. The number of unbranched alkanes of at least 4 members (excludes halogenated alkanes) is 7. The van der Waals surface area contributed by atoms with Gasteiger partial charge in [0, 0.05) is 18.6 Å². The maximum atomic E-state index is 9.77. The van der Waals surface area contributed by atoms with Crippen molar-refractivity contribution in [2.75, 3.05) is 26.2 Å². The van der Waals surface area contributed by atoms with Gasteiger partial charge in [0.25, 0.3) is 0 Å². The molecule has 0 aromatic heterocycles. The molecule has 0 aromatic rings. The average molecular weight is 338 g/mol. The lowest BCUT2D eigenvalue weighted by atomic mass is 9.69.